The third-order valence-electron chi connectivity index (χ3n) is 1.92. The number of nitrogens with one attached hydrogen (secondary N) is 1. The highest BCUT2D eigenvalue weighted by Gasteiger charge is 2.11. The molecule has 0 radical (unpaired) electrons. The largest absolute Gasteiger partial charge is 0.313 e. The molecule has 0 heterocycles. The minimum Gasteiger partial charge on any atom is -0.313 e. The van der Waals surface area contributed by atoms with Gasteiger partial charge in [0, 0.05) is 11.3 Å². The molecule has 0 fully saturated rings. The summed E-state index contributed by atoms with van der Waals surface area (Å²) >= 11 is 2.07. The molecule has 0 saturated carbocycles. The van der Waals surface area contributed by atoms with Gasteiger partial charge in [-0.1, -0.05) is 27.7 Å². The number of hydrogen-bond acceptors (Lipinski definition) is 2. The van der Waals surface area contributed by atoms with Crippen molar-refractivity contribution in [2.45, 2.75) is 45.9 Å². The Hall–Kier alpha value is 0.310. The summed E-state index contributed by atoms with van der Waals surface area (Å²) in [5, 5.41) is 4.18. The van der Waals surface area contributed by atoms with Crippen LogP contribution in [0.25, 0.3) is 0 Å². The topological polar surface area (TPSA) is 12.0 Å². The normalized spacial score (nSPS) is 16.5. The lowest BCUT2D eigenvalue weighted by molar-refractivity contribution is 0.562. The summed E-state index contributed by atoms with van der Waals surface area (Å²) in [6.45, 7) is 12.4. The van der Waals surface area contributed by atoms with Crippen molar-refractivity contribution in [2.75, 3.05) is 12.3 Å². The molecule has 2 heteroatoms. The zero-order valence-electron chi connectivity index (χ0n) is 9.05. The minimum absolute atomic E-state index is 0.638. The number of hydrogen-bond donors (Lipinski definition) is 1. The number of rotatable bonds is 6. The van der Waals surface area contributed by atoms with Crippen molar-refractivity contribution in [1.29, 1.82) is 0 Å². The third kappa shape index (κ3) is 5.90. The summed E-state index contributed by atoms with van der Waals surface area (Å²) < 4.78 is 0. The van der Waals surface area contributed by atoms with Crippen LogP contribution in [0.3, 0.4) is 0 Å². The molecule has 0 bridgehead atoms. The van der Waals surface area contributed by atoms with Crippen LogP contribution < -0.4 is 5.32 Å². The van der Waals surface area contributed by atoms with Crippen molar-refractivity contribution in [2.24, 2.45) is 5.92 Å². The van der Waals surface area contributed by atoms with E-state index in [0.29, 0.717) is 6.04 Å². The van der Waals surface area contributed by atoms with E-state index in [1.807, 2.05) is 0 Å². The van der Waals surface area contributed by atoms with Gasteiger partial charge in [-0.2, -0.15) is 11.8 Å². The van der Waals surface area contributed by atoms with Crippen LogP contribution in [0, 0.1) is 5.92 Å². The summed E-state index contributed by atoms with van der Waals surface area (Å²) in [6.07, 6.45) is 0. The zero-order valence-corrected chi connectivity index (χ0v) is 9.87. The molecular weight excluding hydrogens is 166 g/mol. The Morgan fingerprint density at radius 3 is 2.17 bits per heavy atom. The van der Waals surface area contributed by atoms with Crippen LogP contribution in [0.1, 0.15) is 34.6 Å². The molecule has 1 N–H and O–H groups in total. The Balaban J connectivity index is 3.49. The molecule has 0 aliphatic rings. The first-order valence-electron chi connectivity index (χ1n) is 4.92. The fourth-order valence-corrected chi connectivity index (χ4v) is 2.05. The molecular formula is C10H23NS. The second-order valence-corrected chi connectivity index (χ2v) is 5.19. The Morgan fingerprint density at radius 1 is 1.17 bits per heavy atom. The summed E-state index contributed by atoms with van der Waals surface area (Å²) in [5.74, 6) is 2.09. The molecule has 0 aromatic heterocycles. The van der Waals surface area contributed by atoms with E-state index in [1.54, 1.807) is 0 Å². The van der Waals surface area contributed by atoms with E-state index in [2.05, 4.69) is 51.7 Å². The lowest BCUT2D eigenvalue weighted by atomic mass is 10.2. The Kier molecular flexibility index (Phi) is 6.96. The fourth-order valence-electron chi connectivity index (χ4n) is 0.977. The maximum absolute atomic E-state index is 3.45. The van der Waals surface area contributed by atoms with Crippen molar-refractivity contribution in [3.05, 3.63) is 0 Å². The quantitative estimate of drug-likeness (QED) is 0.689. The average molecular weight is 189 g/mol. The highest BCUT2D eigenvalue weighted by Crippen LogP contribution is 2.17. The van der Waals surface area contributed by atoms with Gasteiger partial charge in [0.15, 0.2) is 0 Å². The first kappa shape index (κ1) is 12.3. The van der Waals surface area contributed by atoms with Gasteiger partial charge in [0.05, 0.1) is 0 Å². The maximum atomic E-state index is 3.45. The predicted molar refractivity (Wildman–Crippen MR) is 59.9 cm³/mol. The van der Waals surface area contributed by atoms with Gasteiger partial charge in [0.1, 0.15) is 0 Å². The van der Waals surface area contributed by atoms with Crippen LogP contribution in [0.5, 0.6) is 0 Å². The smallest absolute Gasteiger partial charge is 0.0170 e. The van der Waals surface area contributed by atoms with Crippen LogP contribution in [0.4, 0.5) is 0 Å². The van der Waals surface area contributed by atoms with Gasteiger partial charge in [-0.3, -0.25) is 0 Å². The summed E-state index contributed by atoms with van der Waals surface area (Å²) in [5.41, 5.74) is 0. The van der Waals surface area contributed by atoms with Gasteiger partial charge in [0.25, 0.3) is 0 Å². The van der Waals surface area contributed by atoms with E-state index < -0.39 is 0 Å². The molecule has 0 saturated heterocycles. The van der Waals surface area contributed by atoms with E-state index in [1.165, 1.54) is 5.75 Å². The Labute approximate surface area is 81.7 Å². The average Bonchev–Trinajstić information content (AvgIpc) is 2.00. The van der Waals surface area contributed by atoms with Crippen LogP contribution in [-0.2, 0) is 0 Å². The van der Waals surface area contributed by atoms with Crippen molar-refractivity contribution in [1.82, 2.24) is 5.32 Å². The van der Waals surface area contributed by atoms with Crippen LogP contribution in [-0.4, -0.2) is 23.6 Å². The van der Waals surface area contributed by atoms with Crippen LogP contribution >= 0.6 is 11.8 Å². The molecule has 0 amide bonds. The first-order valence-corrected chi connectivity index (χ1v) is 5.97. The highest BCUT2D eigenvalue weighted by molar-refractivity contribution is 7.99. The van der Waals surface area contributed by atoms with Gasteiger partial charge in [-0.15, -0.1) is 0 Å². The predicted octanol–water partition coefficient (Wildman–Crippen LogP) is 2.76. The molecule has 74 valence electrons. The molecule has 1 nitrogen and oxygen atoms in total. The van der Waals surface area contributed by atoms with Crippen LogP contribution in [0.2, 0.25) is 0 Å². The fraction of sp³-hybridized carbons (Fsp3) is 1.00. The highest BCUT2D eigenvalue weighted by atomic mass is 32.2. The van der Waals surface area contributed by atoms with Gasteiger partial charge >= 0.3 is 0 Å². The van der Waals surface area contributed by atoms with Crippen molar-refractivity contribution >= 4 is 11.8 Å². The Bertz CT molecular complexity index is 104. The molecule has 0 aromatic rings. The second kappa shape index (κ2) is 6.79. The van der Waals surface area contributed by atoms with Gasteiger partial charge in [-0.25, -0.2) is 0 Å². The van der Waals surface area contributed by atoms with Gasteiger partial charge < -0.3 is 5.32 Å². The summed E-state index contributed by atoms with van der Waals surface area (Å²) in [7, 11) is 0. The second-order valence-electron chi connectivity index (χ2n) is 3.78. The molecule has 0 spiro atoms. The van der Waals surface area contributed by atoms with Crippen molar-refractivity contribution in [3.63, 3.8) is 0 Å². The molecule has 2 unspecified atom stereocenters. The van der Waals surface area contributed by atoms with Crippen LogP contribution in [0.15, 0.2) is 0 Å². The van der Waals surface area contributed by atoms with E-state index in [9.17, 15) is 0 Å². The number of thioether (sulfide) groups is 1. The monoisotopic (exact) mass is 189 g/mol. The SMILES string of the molecule is CCNC(C)C(C)SCC(C)C. The van der Waals surface area contributed by atoms with E-state index >= 15 is 0 Å². The van der Waals surface area contributed by atoms with Gasteiger partial charge in [0.2, 0.25) is 0 Å². The van der Waals surface area contributed by atoms with E-state index in [0.717, 1.165) is 17.7 Å². The molecule has 0 rings (SSSR count). The van der Waals surface area contributed by atoms with Gasteiger partial charge in [-0.05, 0) is 25.1 Å². The molecule has 12 heavy (non-hydrogen) atoms. The van der Waals surface area contributed by atoms with Crippen molar-refractivity contribution < 1.29 is 0 Å². The maximum Gasteiger partial charge on any atom is 0.0170 e. The first-order chi connectivity index (χ1) is 5.57. The lowest BCUT2D eigenvalue weighted by Crippen LogP contribution is -2.33. The third-order valence-corrected chi connectivity index (χ3v) is 3.72. The van der Waals surface area contributed by atoms with Crippen molar-refractivity contribution in [3.8, 4) is 0 Å². The molecule has 0 aliphatic carbocycles. The van der Waals surface area contributed by atoms with E-state index in [-0.39, 0.29) is 0 Å². The standard InChI is InChI=1S/C10H23NS/c1-6-11-9(4)10(5)12-7-8(2)3/h8-11H,6-7H2,1-5H3. The molecule has 2 atom stereocenters. The molecule has 0 aliphatic heterocycles. The Morgan fingerprint density at radius 2 is 1.75 bits per heavy atom. The molecule has 0 aromatic carbocycles. The van der Waals surface area contributed by atoms with E-state index in [4.69, 9.17) is 0 Å². The minimum atomic E-state index is 0.638. The summed E-state index contributed by atoms with van der Waals surface area (Å²) in [6, 6.07) is 0.638. The zero-order chi connectivity index (χ0) is 9.56. The summed E-state index contributed by atoms with van der Waals surface area (Å²) in [4.78, 5) is 0. The lowest BCUT2D eigenvalue weighted by Gasteiger charge is -2.20.